The van der Waals surface area contributed by atoms with E-state index in [-0.39, 0.29) is 12.6 Å². The molecule has 1 atom stereocenters. The summed E-state index contributed by atoms with van der Waals surface area (Å²) in [5.74, 6) is 0.722. The van der Waals surface area contributed by atoms with Crippen LogP contribution in [-0.2, 0) is 0 Å². The van der Waals surface area contributed by atoms with Crippen LogP contribution in [0.5, 0.6) is 5.75 Å². The third kappa shape index (κ3) is 2.47. The number of hydrogen-bond donors (Lipinski definition) is 0. The Morgan fingerprint density at radius 3 is 2.71 bits per heavy atom. The zero-order valence-corrected chi connectivity index (χ0v) is 9.01. The Bertz CT molecular complexity index is 296. The summed E-state index contributed by atoms with van der Waals surface area (Å²) in [6.45, 7) is 6.09. The maximum Gasteiger partial charge on any atom is 0.122 e. The molecule has 0 aliphatic heterocycles. The van der Waals surface area contributed by atoms with Gasteiger partial charge in [-0.25, -0.2) is 0 Å². The summed E-state index contributed by atoms with van der Waals surface area (Å²) in [6.07, 6.45) is 0. The molecule has 1 unspecified atom stereocenters. The van der Waals surface area contributed by atoms with Crippen molar-refractivity contribution in [2.45, 2.75) is 26.7 Å². The quantitative estimate of drug-likeness (QED) is 0.716. The minimum absolute atomic E-state index is 0.0866. The molecular formula is C12H17FO. The monoisotopic (exact) mass is 196 g/mol. The summed E-state index contributed by atoms with van der Waals surface area (Å²) in [5, 5.41) is 0. The molecule has 0 radical (unpaired) electrons. The van der Waals surface area contributed by atoms with E-state index in [4.69, 9.17) is 4.74 Å². The van der Waals surface area contributed by atoms with Gasteiger partial charge >= 0.3 is 0 Å². The molecule has 2 heteroatoms. The summed E-state index contributed by atoms with van der Waals surface area (Å²) in [6, 6.07) is 5.90. The summed E-state index contributed by atoms with van der Waals surface area (Å²) >= 11 is 0. The van der Waals surface area contributed by atoms with Gasteiger partial charge in [0.05, 0.1) is 13.3 Å². The fourth-order valence-corrected chi connectivity index (χ4v) is 1.42. The van der Waals surface area contributed by atoms with Crippen LogP contribution in [0.3, 0.4) is 0 Å². The summed E-state index contributed by atoms with van der Waals surface area (Å²) < 4.78 is 18.0. The molecule has 0 amide bonds. The lowest BCUT2D eigenvalue weighted by atomic mass is 9.99. The van der Waals surface area contributed by atoms with Crippen LogP contribution in [0.4, 0.5) is 4.39 Å². The molecule has 0 spiro atoms. The average molecular weight is 196 g/mol. The zero-order chi connectivity index (χ0) is 10.6. The van der Waals surface area contributed by atoms with E-state index in [1.807, 2.05) is 39.0 Å². The van der Waals surface area contributed by atoms with Gasteiger partial charge in [-0.2, -0.15) is 0 Å². The highest BCUT2D eigenvalue weighted by molar-refractivity contribution is 5.39. The molecule has 0 fully saturated rings. The van der Waals surface area contributed by atoms with Crippen LogP contribution in [0.15, 0.2) is 18.2 Å². The zero-order valence-electron chi connectivity index (χ0n) is 9.01. The van der Waals surface area contributed by atoms with Crippen LogP contribution in [0.25, 0.3) is 0 Å². The van der Waals surface area contributed by atoms with Crippen molar-refractivity contribution in [2.24, 2.45) is 0 Å². The van der Waals surface area contributed by atoms with E-state index in [0.717, 1.165) is 16.9 Å². The molecule has 0 aliphatic carbocycles. The van der Waals surface area contributed by atoms with Crippen molar-refractivity contribution in [3.63, 3.8) is 0 Å². The highest BCUT2D eigenvalue weighted by atomic mass is 19.1. The normalized spacial score (nSPS) is 12.6. The van der Waals surface area contributed by atoms with Crippen molar-refractivity contribution in [1.29, 1.82) is 0 Å². The van der Waals surface area contributed by atoms with E-state index in [1.165, 1.54) is 0 Å². The number of rotatable bonds is 4. The SMILES string of the molecule is CCOc1ccc(C)cc1C(C)CF. The molecule has 0 saturated heterocycles. The molecule has 0 aliphatic rings. The van der Waals surface area contributed by atoms with Crippen LogP contribution in [0.1, 0.15) is 30.9 Å². The molecule has 14 heavy (non-hydrogen) atoms. The lowest BCUT2D eigenvalue weighted by molar-refractivity contribution is 0.330. The Kier molecular flexibility index (Phi) is 3.93. The molecule has 0 aromatic heterocycles. The van der Waals surface area contributed by atoms with Gasteiger partial charge in [0.1, 0.15) is 5.75 Å². The Morgan fingerprint density at radius 2 is 2.14 bits per heavy atom. The van der Waals surface area contributed by atoms with Gasteiger partial charge in [0.15, 0.2) is 0 Å². The first-order chi connectivity index (χ1) is 6.69. The lowest BCUT2D eigenvalue weighted by Gasteiger charge is -2.14. The molecule has 1 nitrogen and oxygen atoms in total. The second-order valence-corrected chi connectivity index (χ2v) is 3.53. The smallest absolute Gasteiger partial charge is 0.122 e. The Balaban J connectivity index is 3.02. The van der Waals surface area contributed by atoms with Gasteiger partial charge in [-0.05, 0) is 25.5 Å². The Labute approximate surface area is 84.9 Å². The Hall–Kier alpha value is -1.05. The van der Waals surface area contributed by atoms with Gasteiger partial charge in [0.25, 0.3) is 0 Å². The molecule has 0 heterocycles. The van der Waals surface area contributed by atoms with E-state index in [1.54, 1.807) is 0 Å². The first-order valence-electron chi connectivity index (χ1n) is 4.98. The van der Waals surface area contributed by atoms with Crippen molar-refractivity contribution < 1.29 is 9.13 Å². The van der Waals surface area contributed by atoms with Gasteiger partial charge in [0.2, 0.25) is 0 Å². The molecule has 1 aromatic carbocycles. The minimum Gasteiger partial charge on any atom is -0.494 e. The summed E-state index contributed by atoms with van der Waals surface area (Å²) in [4.78, 5) is 0. The van der Waals surface area contributed by atoms with E-state index in [9.17, 15) is 4.39 Å². The Morgan fingerprint density at radius 1 is 1.43 bits per heavy atom. The van der Waals surface area contributed by atoms with Crippen LogP contribution in [0, 0.1) is 6.92 Å². The minimum atomic E-state index is -0.344. The van der Waals surface area contributed by atoms with E-state index in [2.05, 4.69) is 0 Å². The summed E-state index contributed by atoms with van der Waals surface area (Å²) in [5.41, 5.74) is 2.11. The fourth-order valence-electron chi connectivity index (χ4n) is 1.42. The fraction of sp³-hybridized carbons (Fsp3) is 0.500. The van der Waals surface area contributed by atoms with E-state index >= 15 is 0 Å². The van der Waals surface area contributed by atoms with Gasteiger partial charge in [-0.3, -0.25) is 4.39 Å². The standard InChI is InChI=1S/C12H17FO/c1-4-14-12-6-5-9(2)7-11(12)10(3)8-13/h5-7,10H,4,8H2,1-3H3. The maximum atomic E-state index is 12.6. The third-order valence-corrected chi connectivity index (χ3v) is 2.23. The maximum absolute atomic E-state index is 12.6. The van der Waals surface area contributed by atoms with Crippen molar-refractivity contribution >= 4 is 0 Å². The number of aryl methyl sites for hydroxylation is 1. The highest BCUT2D eigenvalue weighted by Gasteiger charge is 2.11. The predicted octanol–water partition coefficient (Wildman–Crippen LogP) is 3.47. The van der Waals surface area contributed by atoms with Crippen LogP contribution in [-0.4, -0.2) is 13.3 Å². The molecule has 0 bridgehead atoms. The van der Waals surface area contributed by atoms with Crippen LogP contribution < -0.4 is 4.74 Å². The molecular weight excluding hydrogens is 179 g/mol. The molecule has 1 rings (SSSR count). The van der Waals surface area contributed by atoms with E-state index in [0.29, 0.717) is 6.61 Å². The van der Waals surface area contributed by atoms with Gasteiger partial charge < -0.3 is 4.74 Å². The average Bonchev–Trinajstić information content (AvgIpc) is 2.20. The first-order valence-corrected chi connectivity index (χ1v) is 4.98. The van der Waals surface area contributed by atoms with Gasteiger partial charge in [-0.1, -0.05) is 24.6 Å². The largest absolute Gasteiger partial charge is 0.494 e. The number of alkyl halides is 1. The third-order valence-electron chi connectivity index (χ3n) is 2.23. The lowest BCUT2D eigenvalue weighted by Crippen LogP contribution is -2.02. The second kappa shape index (κ2) is 4.99. The van der Waals surface area contributed by atoms with Crippen LogP contribution >= 0.6 is 0 Å². The molecule has 1 aromatic rings. The predicted molar refractivity (Wildman–Crippen MR) is 56.7 cm³/mol. The highest BCUT2D eigenvalue weighted by Crippen LogP contribution is 2.28. The first kappa shape index (κ1) is 11.0. The molecule has 78 valence electrons. The topological polar surface area (TPSA) is 9.23 Å². The van der Waals surface area contributed by atoms with Gasteiger partial charge in [0, 0.05) is 5.92 Å². The van der Waals surface area contributed by atoms with Crippen molar-refractivity contribution in [2.75, 3.05) is 13.3 Å². The van der Waals surface area contributed by atoms with E-state index < -0.39 is 0 Å². The second-order valence-electron chi connectivity index (χ2n) is 3.53. The molecule has 0 saturated carbocycles. The number of ether oxygens (including phenoxy) is 1. The van der Waals surface area contributed by atoms with Crippen molar-refractivity contribution in [3.8, 4) is 5.75 Å². The number of benzene rings is 1. The number of hydrogen-bond acceptors (Lipinski definition) is 1. The number of halogens is 1. The van der Waals surface area contributed by atoms with Gasteiger partial charge in [-0.15, -0.1) is 0 Å². The van der Waals surface area contributed by atoms with Crippen LogP contribution in [0.2, 0.25) is 0 Å². The van der Waals surface area contributed by atoms with Crippen molar-refractivity contribution in [1.82, 2.24) is 0 Å². The van der Waals surface area contributed by atoms with Crippen molar-refractivity contribution in [3.05, 3.63) is 29.3 Å². The molecule has 0 N–H and O–H groups in total. The summed E-state index contributed by atoms with van der Waals surface area (Å²) in [7, 11) is 0.